The molecule has 0 unspecified atom stereocenters. The van der Waals surface area contributed by atoms with Gasteiger partial charge in [0.1, 0.15) is 5.60 Å². The highest BCUT2D eigenvalue weighted by atomic mass is 16.6. The Bertz CT molecular complexity index is 383. The van der Waals surface area contributed by atoms with Crippen LogP contribution in [0.4, 0.5) is 4.79 Å². The first-order valence-corrected chi connectivity index (χ1v) is 6.68. The lowest BCUT2D eigenvalue weighted by molar-refractivity contribution is 0.0252. The Labute approximate surface area is 115 Å². The number of hydrogen-bond acceptors (Lipinski definition) is 4. The van der Waals surface area contributed by atoms with Crippen molar-refractivity contribution >= 4 is 11.8 Å². The Balaban J connectivity index is 2.87. The molecule has 0 aromatic rings. The fourth-order valence-electron chi connectivity index (χ4n) is 2.24. The topological polar surface area (TPSA) is 65.4 Å². The van der Waals surface area contributed by atoms with Gasteiger partial charge in [0.2, 0.25) is 0 Å². The van der Waals surface area contributed by atoms with E-state index >= 15 is 0 Å². The van der Waals surface area contributed by atoms with Gasteiger partial charge in [0, 0.05) is 31.1 Å². The highest BCUT2D eigenvalue weighted by Crippen LogP contribution is 2.26. The normalized spacial score (nSPS) is 20.4. The van der Waals surface area contributed by atoms with Gasteiger partial charge in [-0.2, -0.15) is 0 Å². The molecule has 0 bridgehead atoms. The Hall–Kier alpha value is -1.52. The van der Waals surface area contributed by atoms with Gasteiger partial charge in [-0.3, -0.25) is 0 Å². The first kappa shape index (κ1) is 15.5. The van der Waals surface area contributed by atoms with E-state index in [4.69, 9.17) is 10.1 Å². The van der Waals surface area contributed by atoms with Crippen molar-refractivity contribution in [3.8, 4) is 0 Å². The molecule has 0 aromatic carbocycles. The molecule has 5 heteroatoms. The van der Waals surface area contributed by atoms with E-state index in [0.717, 1.165) is 18.4 Å². The lowest BCUT2D eigenvalue weighted by Crippen LogP contribution is -2.41. The van der Waals surface area contributed by atoms with Crippen LogP contribution in [0.15, 0.2) is 11.8 Å². The molecule has 19 heavy (non-hydrogen) atoms. The van der Waals surface area contributed by atoms with Crippen molar-refractivity contribution in [3.05, 3.63) is 11.8 Å². The number of hydrogen-bond donors (Lipinski definition) is 2. The summed E-state index contributed by atoms with van der Waals surface area (Å²) in [6, 6.07) is -0.0557. The maximum Gasteiger partial charge on any atom is 0.410 e. The van der Waals surface area contributed by atoms with Gasteiger partial charge in [0.15, 0.2) is 0 Å². The van der Waals surface area contributed by atoms with Crippen LogP contribution in [0.3, 0.4) is 0 Å². The Morgan fingerprint density at radius 1 is 1.47 bits per heavy atom. The number of carbonyl (C=O) groups excluding carboxylic acids is 1. The summed E-state index contributed by atoms with van der Waals surface area (Å²) in [5.74, 6) is 0. The largest absolute Gasteiger partial charge is 0.444 e. The van der Waals surface area contributed by atoms with E-state index in [9.17, 15) is 4.79 Å². The minimum Gasteiger partial charge on any atom is -0.444 e. The second kappa shape index (κ2) is 6.08. The van der Waals surface area contributed by atoms with E-state index in [0.29, 0.717) is 12.3 Å². The van der Waals surface area contributed by atoms with Crippen molar-refractivity contribution in [3.63, 3.8) is 0 Å². The maximum absolute atomic E-state index is 12.2. The molecule has 108 valence electrons. The van der Waals surface area contributed by atoms with Crippen molar-refractivity contribution in [2.24, 2.45) is 0 Å². The molecule has 1 amide bonds. The Morgan fingerprint density at radius 2 is 2.11 bits per heavy atom. The molecular weight excluding hydrogens is 242 g/mol. The Kier molecular flexibility index (Phi) is 4.97. The van der Waals surface area contributed by atoms with Crippen LogP contribution < -0.4 is 5.32 Å². The lowest BCUT2D eigenvalue weighted by atomic mass is 10.0. The average Bonchev–Trinajstić information content (AvgIpc) is 2.71. The number of rotatable bonds is 3. The van der Waals surface area contributed by atoms with Crippen LogP contribution in [-0.2, 0) is 4.74 Å². The smallest absolute Gasteiger partial charge is 0.410 e. The van der Waals surface area contributed by atoms with Gasteiger partial charge in [-0.05, 0) is 40.5 Å². The van der Waals surface area contributed by atoms with Crippen molar-refractivity contribution in [1.82, 2.24) is 10.2 Å². The predicted molar refractivity (Wildman–Crippen MR) is 76.5 cm³/mol. The maximum atomic E-state index is 12.2. The molecule has 0 saturated carbocycles. The molecule has 0 radical (unpaired) electrons. The number of amides is 1. The third-order valence-corrected chi connectivity index (χ3v) is 2.97. The first-order valence-electron chi connectivity index (χ1n) is 6.68. The van der Waals surface area contributed by atoms with Gasteiger partial charge >= 0.3 is 6.09 Å². The van der Waals surface area contributed by atoms with Gasteiger partial charge in [-0.25, -0.2) is 4.79 Å². The fraction of sp³-hybridized carbons (Fsp3) is 0.714. The molecule has 1 rings (SSSR count). The quantitative estimate of drug-likeness (QED) is 0.772. The predicted octanol–water partition coefficient (Wildman–Crippen LogP) is 2.53. The van der Waals surface area contributed by atoms with Gasteiger partial charge in [-0.15, -0.1) is 0 Å². The number of nitrogens with one attached hydrogen (secondary N) is 2. The first-order chi connectivity index (χ1) is 8.76. The molecule has 1 fully saturated rings. The van der Waals surface area contributed by atoms with Gasteiger partial charge < -0.3 is 20.4 Å². The molecule has 1 atom stereocenters. The molecule has 5 nitrogen and oxygen atoms in total. The van der Waals surface area contributed by atoms with Crippen molar-refractivity contribution < 1.29 is 9.53 Å². The molecule has 1 saturated heterocycles. The van der Waals surface area contributed by atoms with E-state index in [1.54, 1.807) is 25.1 Å². The fourth-order valence-corrected chi connectivity index (χ4v) is 2.24. The summed E-state index contributed by atoms with van der Waals surface area (Å²) in [6.45, 7) is 8.02. The minimum atomic E-state index is -0.489. The van der Waals surface area contributed by atoms with Crippen LogP contribution in [0.1, 0.15) is 40.5 Å². The average molecular weight is 267 g/mol. The lowest BCUT2D eigenvalue weighted by Gasteiger charge is -2.29. The molecular formula is C14H25N3O2. The number of likely N-dealkylation sites (tertiary alicyclic amines) is 1. The zero-order valence-electron chi connectivity index (χ0n) is 12.5. The van der Waals surface area contributed by atoms with Crippen LogP contribution in [0.2, 0.25) is 0 Å². The Morgan fingerprint density at radius 3 is 2.58 bits per heavy atom. The van der Waals surface area contributed by atoms with Gasteiger partial charge in [0.25, 0.3) is 0 Å². The zero-order valence-corrected chi connectivity index (χ0v) is 12.5. The molecule has 0 aromatic heterocycles. The van der Waals surface area contributed by atoms with E-state index < -0.39 is 5.60 Å². The van der Waals surface area contributed by atoms with Crippen LogP contribution >= 0.6 is 0 Å². The zero-order chi connectivity index (χ0) is 14.6. The van der Waals surface area contributed by atoms with Crippen LogP contribution in [0, 0.1) is 5.41 Å². The SMILES string of the molecule is CN/C=C(\C(C)=N)[C@@H]1CCCN1C(=O)OC(C)(C)C. The summed E-state index contributed by atoms with van der Waals surface area (Å²) in [5.41, 5.74) is 0.845. The molecule has 1 aliphatic heterocycles. The summed E-state index contributed by atoms with van der Waals surface area (Å²) in [7, 11) is 1.80. The van der Waals surface area contributed by atoms with Crippen molar-refractivity contribution in [2.75, 3.05) is 13.6 Å². The summed E-state index contributed by atoms with van der Waals surface area (Å²) in [4.78, 5) is 13.9. The van der Waals surface area contributed by atoms with Gasteiger partial charge in [-0.1, -0.05) is 0 Å². The van der Waals surface area contributed by atoms with E-state index in [2.05, 4.69) is 5.32 Å². The second-order valence-corrected chi connectivity index (χ2v) is 5.85. The molecule has 1 aliphatic rings. The van der Waals surface area contributed by atoms with E-state index in [1.165, 1.54) is 0 Å². The van der Waals surface area contributed by atoms with Crippen molar-refractivity contribution in [2.45, 2.75) is 52.2 Å². The highest BCUT2D eigenvalue weighted by Gasteiger charge is 2.34. The molecule has 0 spiro atoms. The molecule has 2 N–H and O–H groups in total. The number of nitrogens with zero attached hydrogens (tertiary/aromatic N) is 1. The number of carbonyl (C=O) groups is 1. The minimum absolute atomic E-state index is 0.0557. The second-order valence-electron chi connectivity index (χ2n) is 5.85. The van der Waals surface area contributed by atoms with Crippen LogP contribution in [0.5, 0.6) is 0 Å². The van der Waals surface area contributed by atoms with E-state index in [-0.39, 0.29) is 12.1 Å². The summed E-state index contributed by atoms with van der Waals surface area (Å²) >= 11 is 0. The standard InChI is InChI=1S/C14H25N3O2/c1-10(15)11(9-16-5)12-7-6-8-17(12)13(18)19-14(2,3)4/h9,12,15-16H,6-8H2,1-5H3/b11-9+,15-10?/t12-/m0/s1. The summed E-state index contributed by atoms with van der Waals surface area (Å²) < 4.78 is 5.43. The third kappa shape index (κ3) is 4.26. The van der Waals surface area contributed by atoms with E-state index in [1.807, 2.05) is 20.8 Å². The summed E-state index contributed by atoms with van der Waals surface area (Å²) in [5, 5.41) is 10.8. The monoisotopic (exact) mass is 267 g/mol. The molecule has 0 aliphatic carbocycles. The van der Waals surface area contributed by atoms with Crippen LogP contribution in [-0.4, -0.2) is 41.9 Å². The molecule has 1 heterocycles. The highest BCUT2D eigenvalue weighted by molar-refractivity contribution is 5.97. The van der Waals surface area contributed by atoms with Crippen LogP contribution in [0.25, 0.3) is 0 Å². The summed E-state index contributed by atoms with van der Waals surface area (Å²) in [6.07, 6.45) is 3.33. The van der Waals surface area contributed by atoms with Crippen molar-refractivity contribution in [1.29, 1.82) is 5.41 Å². The van der Waals surface area contributed by atoms with Gasteiger partial charge in [0.05, 0.1) is 6.04 Å². The third-order valence-electron chi connectivity index (χ3n) is 2.97. The number of ether oxygens (including phenoxy) is 1.